The van der Waals surface area contributed by atoms with Crippen LogP contribution >= 0.6 is 0 Å². The lowest BCUT2D eigenvalue weighted by atomic mass is 10.2. The Morgan fingerprint density at radius 3 is 2.60 bits per heavy atom. The van der Waals surface area contributed by atoms with E-state index >= 15 is 0 Å². The average molecular weight is 297 g/mol. The lowest BCUT2D eigenvalue weighted by molar-refractivity contribution is 0.309. The highest BCUT2D eigenvalue weighted by atomic mass is 32.2. The van der Waals surface area contributed by atoms with E-state index in [1.807, 2.05) is 12.1 Å². The van der Waals surface area contributed by atoms with Gasteiger partial charge in [0.25, 0.3) is 0 Å². The van der Waals surface area contributed by atoms with Crippen molar-refractivity contribution in [1.82, 2.24) is 5.32 Å². The molecule has 1 aromatic carbocycles. The van der Waals surface area contributed by atoms with E-state index in [2.05, 4.69) is 31.3 Å². The topological polar surface area (TPSA) is 38.3 Å². The zero-order valence-corrected chi connectivity index (χ0v) is 13.7. The summed E-state index contributed by atoms with van der Waals surface area (Å²) in [5.74, 6) is 1.70. The van der Waals surface area contributed by atoms with Gasteiger partial charge in [-0.15, -0.1) is 0 Å². The molecular formula is C16H27NO2S. The molecule has 0 aromatic heterocycles. The van der Waals surface area contributed by atoms with Gasteiger partial charge in [-0.05, 0) is 37.5 Å². The van der Waals surface area contributed by atoms with E-state index in [-0.39, 0.29) is 0 Å². The molecule has 2 atom stereocenters. The van der Waals surface area contributed by atoms with Crippen molar-refractivity contribution in [1.29, 1.82) is 0 Å². The van der Waals surface area contributed by atoms with Crippen molar-refractivity contribution in [3.05, 3.63) is 29.8 Å². The van der Waals surface area contributed by atoms with E-state index in [1.54, 1.807) is 6.26 Å². The number of hydrogen-bond acceptors (Lipinski definition) is 3. The predicted octanol–water partition coefficient (Wildman–Crippen LogP) is 3.11. The summed E-state index contributed by atoms with van der Waals surface area (Å²) in [4.78, 5) is 0. The Hall–Kier alpha value is -0.870. The van der Waals surface area contributed by atoms with Crippen LogP contribution in [0, 0.1) is 0 Å². The Bertz CT molecular complexity index is 392. The summed E-state index contributed by atoms with van der Waals surface area (Å²) in [7, 11) is -0.698. The summed E-state index contributed by atoms with van der Waals surface area (Å²) in [6.45, 7) is 5.93. The summed E-state index contributed by atoms with van der Waals surface area (Å²) >= 11 is 0. The van der Waals surface area contributed by atoms with Gasteiger partial charge in [-0.3, -0.25) is 4.21 Å². The maximum Gasteiger partial charge on any atom is 0.119 e. The standard InChI is InChI=1S/C16H27NO2S/c1-4-5-11-19-16-8-6-15(7-9-16)13-17-14(2)10-12-20(3)18/h6-9,14,17H,4-5,10-13H2,1-3H3. The molecule has 0 aliphatic heterocycles. The van der Waals surface area contributed by atoms with E-state index in [1.165, 1.54) is 5.56 Å². The first-order chi connectivity index (χ1) is 9.61. The fraction of sp³-hybridized carbons (Fsp3) is 0.625. The van der Waals surface area contributed by atoms with Crippen LogP contribution in [0.3, 0.4) is 0 Å². The second kappa shape index (κ2) is 9.94. The predicted molar refractivity (Wildman–Crippen MR) is 86.7 cm³/mol. The van der Waals surface area contributed by atoms with Gasteiger partial charge < -0.3 is 10.1 Å². The van der Waals surface area contributed by atoms with Gasteiger partial charge in [0.15, 0.2) is 0 Å². The zero-order valence-electron chi connectivity index (χ0n) is 12.9. The van der Waals surface area contributed by atoms with Crippen molar-refractivity contribution in [2.75, 3.05) is 18.6 Å². The normalized spacial score (nSPS) is 13.9. The van der Waals surface area contributed by atoms with Crippen LogP contribution in [0.2, 0.25) is 0 Å². The molecule has 0 heterocycles. The highest BCUT2D eigenvalue weighted by Gasteiger charge is 2.03. The molecule has 0 saturated heterocycles. The van der Waals surface area contributed by atoms with Crippen LogP contribution < -0.4 is 10.1 Å². The second-order valence-corrected chi connectivity index (χ2v) is 6.75. The molecule has 0 fully saturated rings. The summed E-state index contributed by atoms with van der Waals surface area (Å²) in [6, 6.07) is 8.63. The van der Waals surface area contributed by atoms with Gasteiger partial charge in [-0.25, -0.2) is 0 Å². The summed E-state index contributed by atoms with van der Waals surface area (Å²) in [5, 5.41) is 3.45. The molecule has 2 unspecified atom stereocenters. The fourth-order valence-corrected chi connectivity index (χ4v) is 2.46. The highest BCUT2D eigenvalue weighted by molar-refractivity contribution is 7.84. The molecule has 0 aliphatic carbocycles. The first-order valence-electron chi connectivity index (χ1n) is 7.37. The van der Waals surface area contributed by atoms with E-state index in [9.17, 15) is 4.21 Å². The zero-order chi connectivity index (χ0) is 14.8. The first-order valence-corrected chi connectivity index (χ1v) is 9.09. The van der Waals surface area contributed by atoms with E-state index in [0.29, 0.717) is 6.04 Å². The number of nitrogens with one attached hydrogen (secondary N) is 1. The summed E-state index contributed by atoms with van der Waals surface area (Å²) < 4.78 is 16.7. The number of ether oxygens (including phenoxy) is 1. The van der Waals surface area contributed by atoms with Gasteiger partial charge in [-0.1, -0.05) is 25.5 Å². The third-order valence-electron chi connectivity index (χ3n) is 3.18. The lowest BCUT2D eigenvalue weighted by Crippen LogP contribution is -2.26. The third-order valence-corrected chi connectivity index (χ3v) is 3.99. The van der Waals surface area contributed by atoms with Crippen molar-refractivity contribution in [2.45, 2.75) is 45.7 Å². The van der Waals surface area contributed by atoms with Crippen LogP contribution in [0.25, 0.3) is 0 Å². The second-order valence-electron chi connectivity index (χ2n) is 5.19. The number of benzene rings is 1. The van der Waals surface area contributed by atoms with Gasteiger partial charge >= 0.3 is 0 Å². The molecule has 0 bridgehead atoms. The number of rotatable bonds is 10. The largest absolute Gasteiger partial charge is 0.494 e. The van der Waals surface area contributed by atoms with Crippen LogP contribution in [0.15, 0.2) is 24.3 Å². The Morgan fingerprint density at radius 2 is 2.00 bits per heavy atom. The van der Waals surface area contributed by atoms with Crippen molar-refractivity contribution in [3.8, 4) is 5.75 Å². The minimum absolute atomic E-state index is 0.388. The monoisotopic (exact) mass is 297 g/mol. The Kier molecular flexibility index (Phi) is 8.54. The molecule has 20 heavy (non-hydrogen) atoms. The summed E-state index contributed by atoms with van der Waals surface area (Å²) in [6.07, 6.45) is 4.95. The number of hydrogen-bond donors (Lipinski definition) is 1. The Morgan fingerprint density at radius 1 is 1.30 bits per heavy atom. The minimum atomic E-state index is -0.698. The lowest BCUT2D eigenvalue weighted by Gasteiger charge is -2.13. The third kappa shape index (κ3) is 7.65. The maximum atomic E-state index is 11.0. The van der Waals surface area contributed by atoms with Crippen LogP contribution in [-0.2, 0) is 17.3 Å². The highest BCUT2D eigenvalue weighted by Crippen LogP contribution is 2.12. The average Bonchev–Trinajstić information content (AvgIpc) is 2.44. The van der Waals surface area contributed by atoms with Crippen LogP contribution in [0.1, 0.15) is 38.7 Å². The van der Waals surface area contributed by atoms with E-state index < -0.39 is 10.8 Å². The van der Waals surface area contributed by atoms with Gasteiger partial charge in [0.2, 0.25) is 0 Å². The first kappa shape index (κ1) is 17.2. The molecule has 0 saturated carbocycles. The van der Waals surface area contributed by atoms with Gasteiger partial charge in [0, 0.05) is 35.4 Å². The van der Waals surface area contributed by atoms with Crippen LogP contribution in [-0.4, -0.2) is 28.9 Å². The molecule has 1 rings (SSSR count). The Labute approximate surface area is 125 Å². The Balaban J connectivity index is 2.28. The van der Waals surface area contributed by atoms with Gasteiger partial charge in [-0.2, -0.15) is 0 Å². The SMILES string of the molecule is CCCCOc1ccc(CNC(C)CCS(C)=O)cc1. The van der Waals surface area contributed by atoms with E-state index in [4.69, 9.17) is 4.74 Å². The van der Waals surface area contributed by atoms with Crippen LogP contribution in [0.5, 0.6) is 5.75 Å². The quantitative estimate of drug-likeness (QED) is 0.674. The van der Waals surface area contributed by atoms with Crippen molar-refractivity contribution >= 4 is 10.8 Å². The molecule has 3 nitrogen and oxygen atoms in total. The van der Waals surface area contributed by atoms with Gasteiger partial charge in [0.05, 0.1) is 6.61 Å². The maximum absolute atomic E-state index is 11.0. The van der Waals surface area contributed by atoms with Crippen molar-refractivity contribution < 1.29 is 8.95 Å². The molecule has 1 N–H and O–H groups in total. The molecule has 0 radical (unpaired) electrons. The minimum Gasteiger partial charge on any atom is -0.494 e. The summed E-state index contributed by atoms with van der Waals surface area (Å²) in [5.41, 5.74) is 1.25. The number of unbranched alkanes of at least 4 members (excludes halogenated alkanes) is 1. The fourth-order valence-electron chi connectivity index (χ4n) is 1.77. The molecule has 0 aliphatic rings. The van der Waals surface area contributed by atoms with Crippen LogP contribution in [0.4, 0.5) is 0 Å². The van der Waals surface area contributed by atoms with E-state index in [0.717, 1.165) is 43.9 Å². The molecule has 114 valence electrons. The smallest absolute Gasteiger partial charge is 0.119 e. The van der Waals surface area contributed by atoms with Crippen molar-refractivity contribution in [2.24, 2.45) is 0 Å². The molecule has 1 aromatic rings. The molecule has 0 spiro atoms. The molecule has 4 heteroatoms. The van der Waals surface area contributed by atoms with Crippen molar-refractivity contribution in [3.63, 3.8) is 0 Å². The van der Waals surface area contributed by atoms with Gasteiger partial charge in [0.1, 0.15) is 5.75 Å². The molecular weight excluding hydrogens is 270 g/mol. The molecule has 0 amide bonds.